The predicted molar refractivity (Wildman–Crippen MR) is 137 cm³/mol. The maximum absolute atomic E-state index is 13.9. The summed E-state index contributed by atoms with van der Waals surface area (Å²) in [5.41, 5.74) is 2.84. The van der Waals surface area contributed by atoms with E-state index in [1.54, 1.807) is 42.6 Å². The van der Waals surface area contributed by atoms with Crippen LogP contribution in [0.4, 0.5) is 15.9 Å². The molecule has 36 heavy (non-hydrogen) atoms. The Balaban J connectivity index is 1.65. The van der Waals surface area contributed by atoms with E-state index in [-0.39, 0.29) is 17.7 Å². The first-order chi connectivity index (χ1) is 17.4. The summed E-state index contributed by atoms with van der Waals surface area (Å²) < 4.78 is 13.9. The summed E-state index contributed by atoms with van der Waals surface area (Å²) in [5.74, 6) is -0.495. The molecule has 0 spiro atoms. The molecule has 3 aromatic rings. The van der Waals surface area contributed by atoms with Crippen molar-refractivity contribution in [2.24, 2.45) is 0 Å². The average Bonchev–Trinajstić information content (AvgIpc) is 2.87. The molecule has 186 valence electrons. The Hall–Kier alpha value is -4.29. The molecule has 0 aliphatic heterocycles. The Labute approximate surface area is 209 Å². The SMILES string of the molecule is CC(=O)NCCNc1ccc(NC(=O)[C@@H](NC[C@@H](C)c2ccc(C#N)cc2)c2cccc(F)c2)nc1. The number of hydrogen-bond donors (Lipinski definition) is 4. The first kappa shape index (κ1) is 26.3. The smallest absolute Gasteiger partial charge is 0.247 e. The maximum atomic E-state index is 13.9. The summed E-state index contributed by atoms with van der Waals surface area (Å²) in [7, 11) is 0. The van der Waals surface area contributed by atoms with Crippen LogP contribution in [0.1, 0.15) is 42.5 Å². The van der Waals surface area contributed by atoms with E-state index in [1.165, 1.54) is 19.1 Å². The lowest BCUT2D eigenvalue weighted by Gasteiger charge is -2.21. The second-order valence-corrected chi connectivity index (χ2v) is 8.36. The summed E-state index contributed by atoms with van der Waals surface area (Å²) in [6, 6.07) is 17.9. The van der Waals surface area contributed by atoms with E-state index in [9.17, 15) is 14.0 Å². The molecule has 8 nitrogen and oxygen atoms in total. The second kappa shape index (κ2) is 13.0. The van der Waals surface area contributed by atoms with Crippen molar-refractivity contribution in [3.63, 3.8) is 0 Å². The number of carbonyl (C=O) groups is 2. The Bertz CT molecular complexity index is 1210. The zero-order chi connectivity index (χ0) is 25.9. The maximum Gasteiger partial charge on any atom is 0.247 e. The lowest BCUT2D eigenvalue weighted by atomic mass is 9.98. The lowest BCUT2D eigenvalue weighted by Crippen LogP contribution is -2.35. The Morgan fingerprint density at radius 1 is 1.06 bits per heavy atom. The van der Waals surface area contributed by atoms with E-state index in [2.05, 4.69) is 32.3 Å². The molecular formula is C27H29FN6O2. The molecular weight excluding hydrogens is 459 g/mol. The van der Waals surface area contributed by atoms with Gasteiger partial charge in [-0.2, -0.15) is 5.26 Å². The van der Waals surface area contributed by atoms with Crippen LogP contribution in [0.5, 0.6) is 0 Å². The highest BCUT2D eigenvalue weighted by Crippen LogP contribution is 2.20. The Morgan fingerprint density at radius 3 is 2.47 bits per heavy atom. The van der Waals surface area contributed by atoms with Crippen molar-refractivity contribution in [2.45, 2.75) is 25.8 Å². The van der Waals surface area contributed by atoms with Crippen molar-refractivity contribution in [1.29, 1.82) is 5.26 Å². The molecule has 0 saturated heterocycles. The fraction of sp³-hybridized carbons (Fsp3) is 0.259. The van der Waals surface area contributed by atoms with Crippen molar-refractivity contribution < 1.29 is 14.0 Å². The highest BCUT2D eigenvalue weighted by atomic mass is 19.1. The molecule has 9 heteroatoms. The predicted octanol–water partition coefficient (Wildman–Crippen LogP) is 3.71. The van der Waals surface area contributed by atoms with E-state index in [1.807, 2.05) is 19.1 Å². The third-order valence-electron chi connectivity index (χ3n) is 5.52. The van der Waals surface area contributed by atoms with E-state index in [0.29, 0.717) is 36.6 Å². The number of nitrogens with zero attached hydrogens (tertiary/aromatic N) is 2. The molecule has 0 aliphatic carbocycles. The van der Waals surface area contributed by atoms with Crippen molar-refractivity contribution in [3.05, 3.63) is 89.4 Å². The zero-order valence-corrected chi connectivity index (χ0v) is 20.2. The number of pyridine rings is 1. The van der Waals surface area contributed by atoms with Crippen molar-refractivity contribution >= 4 is 23.3 Å². The van der Waals surface area contributed by atoms with Crippen LogP contribution < -0.4 is 21.3 Å². The van der Waals surface area contributed by atoms with Crippen LogP contribution in [0.2, 0.25) is 0 Å². The number of anilines is 2. The quantitative estimate of drug-likeness (QED) is 0.306. The Morgan fingerprint density at radius 2 is 1.83 bits per heavy atom. The zero-order valence-electron chi connectivity index (χ0n) is 20.2. The molecule has 2 aromatic carbocycles. The van der Waals surface area contributed by atoms with Gasteiger partial charge in [0.15, 0.2) is 0 Å². The topological polar surface area (TPSA) is 119 Å². The molecule has 0 radical (unpaired) electrons. The summed E-state index contributed by atoms with van der Waals surface area (Å²) in [5, 5.41) is 20.9. The minimum atomic E-state index is -0.807. The van der Waals surface area contributed by atoms with E-state index < -0.39 is 11.9 Å². The normalized spacial score (nSPS) is 12.2. The van der Waals surface area contributed by atoms with Gasteiger partial charge in [-0.15, -0.1) is 0 Å². The minimum absolute atomic E-state index is 0.0441. The molecule has 0 saturated carbocycles. The monoisotopic (exact) mass is 488 g/mol. The average molecular weight is 489 g/mol. The van der Waals surface area contributed by atoms with Gasteiger partial charge >= 0.3 is 0 Å². The highest BCUT2D eigenvalue weighted by Gasteiger charge is 2.22. The number of nitrogens with one attached hydrogen (secondary N) is 4. The molecule has 0 aliphatic rings. The van der Waals surface area contributed by atoms with Gasteiger partial charge in [-0.1, -0.05) is 31.2 Å². The van der Waals surface area contributed by atoms with E-state index in [4.69, 9.17) is 5.26 Å². The molecule has 2 amide bonds. The fourth-order valence-corrected chi connectivity index (χ4v) is 3.56. The second-order valence-electron chi connectivity index (χ2n) is 8.36. The van der Waals surface area contributed by atoms with Crippen molar-refractivity contribution in [1.82, 2.24) is 15.6 Å². The standard InChI is InChI=1S/C27H29FN6O2/c1-18(21-8-6-20(15-29)7-9-21)16-33-26(22-4-3-5-23(28)14-22)27(36)34-25-11-10-24(17-32-25)31-13-12-30-19(2)35/h3-11,14,17-18,26,31,33H,12-13,16H2,1-2H3,(H,30,35)(H,32,34,36)/t18-,26+/m1/s1. The third kappa shape index (κ3) is 7.89. The molecule has 0 fully saturated rings. The number of aromatic nitrogens is 1. The van der Waals surface area contributed by atoms with E-state index in [0.717, 1.165) is 11.3 Å². The number of halogens is 1. The minimum Gasteiger partial charge on any atom is -0.382 e. The van der Waals surface area contributed by atoms with Crippen LogP contribution in [0.25, 0.3) is 0 Å². The van der Waals surface area contributed by atoms with Gasteiger partial charge in [-0.25, -0.2) is 9.37 Å². The summed E-state index contributed by atoms with van der Waals surface area (Å²) in [6.45, 7) is 4.93. The number of amides is 2. The number of nitriles is 1. The van der Waals surface area contributed by atoms with Crippen LogP contribution in [-0.2, 0) is 9.59 Å². The van der Waals surface area contributed by atoms with Gasteiger partial charge in [-0.05, 0) is 53.4 Å². The number of hydrogen-bond acceptors (Lipinski definition) is 6. The largest absolute Gasteiger partial charge is 0.382 e. The van der Waals surface area contributed by atoms with Gasteiger partial charge in [0.25, 0.3) is 0 Å². The van der Waals surface area contributed by atoms with Gasteiger partial charge in [0, 0.05) is 26.6 Å². The lowest BCUT2D eigenvalue weighted by molar-refractivity contribution is -0.119. The molecule has 1 heterocycles. The first-order valence-corrected chi connectivity index (χ1v) is 11.6. The molecule has 0 bridgehead atoms. The highest BCUT2D eigenvalue weighted by molar-refractivity contribution is 5.94. The van der Waals surface area contributed by atoms with Crippen LogP contribution in [0.3, 0.4) is 0 Å². The molecule has 3 rings (SSSR count). The summed E-state index contributed by atoms with van der Waals surface area (Å²) in [6.07, 6.45) is 1.58. The summed E-state index contributed by atoms with van der Waals surface area (Å²) >= 11 is 0. The third-order valence-corrected chi connectivity index (χ3v) is 5.52. The molecule has 0 unspecified atom stereocenters. The molecule has 2 atom stereocenters. The Kier molecular flexibility index (Phi) is 9.48. The van der Waals surface area contributed by atoms with Crippen molar-refractivity contribution in [3.8, 4) is 6.07 Å². The van der Waals surface area contributed by atoms with Crippen LogP contribution in [0, 0.1) is 17.1 Å². The van der Waals surface area contributed by atoms with Gasteiger partial charge in [-0.3, -0.25) is 9.59 Å². The number of benzene rings is 2. The van der Waals surface area contributed by atoms with Crippen LogP contribution >= 0.6 is 0 Å². The van der Waals surface area contributed by atoms with Crippen LogP contribution in [0.15, 0.2) is 66.9 Å². The molecule has 1 aromatic heterocycles. The number of rotatable bonds is 11. The van der Waals surface area contributed by atoms with Crippen molar-refractivity contribution in [2.75, 3.05) is 30.3 Å². The van der Waals surface area contributed by atoms with Gasteiger partial charge in [0.2, 0.25) is 11.8 Å². The fourth-order valence-electron chi connectivity index (χ4n) is 3.56. The van der Waals surface area contributed by atoms with Gasteiger partial charge in [0.05, 0.1) is 23.5 Å². The van der Waals surface area contributed by atoms with Gasteiger partial charge < -0.3 is 21.3 Å². The van der Waals surface area contributed by atoms with Crippen LogP contribution in [-0.4, -0.2) is 36.4 Å². The van der Waals surface area contributed by atoms with E-state index >= 15 is 0 Å². The molecule has 4 N–H and O–H groups in total. The first-order valence-electron chi connectivity index (χ1n) is 11.6. The van der Waals surface area contributed by atoms with Gasteiger partial charge in [0.1, 0.15) is 17.7 Å². The number of carbonyl (C=O) groups excluding carboxylic acids is 2. The summed E-state index contributed by atoms with van der Waals surface area (Å²) in [4.78, 5) is 28.4.